The molecule has 0 fully saturated rings. The molecule has 7 heteroatoms. The van der Waals surface area contributed by atoms with Crippen molar-refractivity contribution in [3.8, 4) is 0 Å². The molecule has 3 rings (SSSR count). The number of hydrogen-bond donors (Lipinski definition) is 1. The van der Waals surface area contributed by atoms with E-state index in [-0.39, 0.29) is 28.6 Å². The molecule has 1 amide bonds. The molecule has 1 aromatic heterocycles. The van der Waals surface area contributed by atoms with Crippen LogP contribution in [0.3, 0.4) is 0 Å². The van der Waals surface area contributed by atoms with Gasteiger partial charge in [0.05, 0.1) is 0 Å². The first kappa shape index (κ1) is 13.0. The van der Waals surface area contributed by atoms with Gasteiger partial charge in [-0.3, -0.25) is 9.59 Å². The van der Waals surface area contributed by atoms with Gasteiger partial charge in [0, 0.05) is 24.0 Å². The second kappa shape index (κ2) is 4.82. The van der Waals surface area contributed by atoms with Crippen molar-refractivity contribution in [1.29, 1.82) is 0 Å². The fourth-order valence-corrected chi connectivity index (χ4v) is 2.85. The number of hydrogen-bond acceptors (Lipinski definition) is 3. The smallest absolute Gasteiger partial charge is 0.305 e. The third kappa shape index (κ3) is 2.14. The molecule has 4 nitrogen and oxygen atoms in total. The van der Waals surface area contributed by atoms with Crippen LogP contribution in [0.1, 0.15) is 21.6 Å². The Balaban J connectivity index is 1.90. The molecule has 2 heterocycles. The average molecular weight is 296 g/mol. The lowest BCUT2D eigenvalue weighted by atomic mass is 9.99. The van der Waals surface area contributed by atoms with E-state index in [9.17, 15) is 18.4 Å². The first-order valence-corrected chi connectivity index (χ1v) is 6.87. The molecule has 0 aliphatic carbocycles. The van der Waals surface area contributed by atoms with Gasteiger partial charge >= 0.3 is 4.87 Å². The van der Waals surface area contributed by atoms with Crippen LogP contribution in [-0.2, 0) is 13.0 Å². The second-order valence-corrected chi connectivity index (χ2v) is 5.38. The van der Waals surface area contributed by atoms with Gasteiger partial charge in [0.1, 0.15) is 5.69 Å². The van der Waals surface area contributed by atoms with Crippen molar-refractivity contribution < 1.29 is 13.6 Å². The fourth-order valence-electron chi connectivity index (χ4n) is 2.29. The Hall–Kier alpha value is -2.02. The van der Waals surface area contributed by atoms with Gasteiger partial charge in [-0.2, -0.15) is 0 Å². The van der Waals surface area contributed by atoms with Crippen LogP contribution in [0, 0.1) is 11.6 Å². The SMILES string of the molecule is O=C(c1csc(=O)[nH]1)N1CCc2ccc(F)c(F)c2C1. The average Bonchev–Trinajstić information content (AvgIpc) is 2.88. The predicted molar refractivity (Wildman–Crippen MR) is 69.7 cm³/mol. The highest BCUT2D eigenvalue weighted by Crippen LogP contribution is 2.24. The number of aromatic amines is 1. The highest BCUT2D eigenvalue weighted by molar-refractivity contribution is 7.07. The summed E-state index contributed by atoms with van der Waals surface area (Å²) in [5, 5.41) is 1.43. The molecule has 1 aliphatic heterocycles. The van der Waals surface area contributed by atoms with E-state index < -0.39 is 11.6 Å². The number of benzene rings is 1. The number of carbonyl (C=O) groups excluding carboxylic acids is 1. The first-order chi connectivity index (χ1) is 9.56. The maximum absolute atomic E-state index is 13.8. The van der Waals surface area contributed by atoms with E-state index in [0.717, 1.165) is 17.4 Å². The largest absolute Gasteiger partial charge is 0.333 e. The minimum Gasteiger partial charge on any atom is -0.333 e. The molecule has 0 unspecified atom stereocenters. The van der Waals surface area contributed by atoms with Crippen LogP contribution in [0.15, 0.2) is 22.3 Å². The lowest BCUT2D eigenvalue weighted by molar-refractivity contribution is 0.0726. The van der Waals surface area contributed by atoms with E-state index >= 15 is 0 Å². The Morgan fingerprint density at radius 1 is 1.35 bits per heavy atom. The van der Waals surface area contributed by atoms with Crippen molar-refractivity contribution in [2.75, 3.05) is 6.54 Å². The van der Waals surface area contributed by atoms with Gasteiger partial charge in [-0.05, 0) is 18.1 Å². The molecule has 20 heavy (non-hydrogen) atoms. The van der Waals surface area contributed by atoms with Crippen molar-refractivity contribution in [3.05, 3.63) is 55.6 Å². The molecule has 1 aliphatic rings. The van der Waals surface area contributed by atoms with Gasteiger partial charge < -0.3 is 9.88 Å². The summed E-state index contributed by atoms with van der Waals surface area (Å²) >= 11 is 0.895. The van der Waals surface area contributed by atoms with Crippen LogP contribution in [0.25, 0.3) is 0 Å². The molecule has 0 atom stereocenters. The number of fused-ring (bicyclic) bond motifs is 1. The minimum absolute atomic E-state index is 0.00956. The lowest BCUT2D eigenvalue weighted by Crippen LogP contribution is -2.37. The van der Waals surface area contributed by atoms with E-state index in [1.54, 1.807) is 6.07 Å². The summed E-state index contributed by atoms with van der Waals surface area (Å²) in [5.41, 5.74) is 1.11. The van der Waals surface area contributed by atoms with Crippen LogP contribution in [-0.4, -0.2) is 22.3 Å². The maximum Gasteiger partial charge on any atom is 0.305 e. The number of rotatable bonds is 1. The molecule has 0 radical (unpaired) electrons. The van der Waals surface area contributed by atoms with Crippen LogP contribution in [0.5, 0.6) is 0 Å². The molecule has 0 saturated carbocycles. The summed E-state index contributed by atoms with van der Waals surface area (Å²) in [4.78, 5) is 26.7. The van der Waals surface area contributed by atoms with Crippen molar-refractivity contribution in [2.45, 2.75) is 13.0 Å². The number of halogens is 2. The van der Waals surface area contributed by atoms with Crippen LogP contribution >= 0.6 is 11.3 Å². The van der Waals surface area contributed by atoms with Crippen LogP contribution in [0.4, 0.5) is 8.78 Å². The van der Waals surface area contributed by atoms with Gasteiger partial charge in [0.25, 0.3) is 5.91 Å². The van der Waals surface area contributed by atoms with Gasteiger partial charge in [0.15, 0.2) is 11.6 Å². The zero-order chi connectivity index (χ0) is 14.3. The number of amides is 1. The van der Waals surface area contributed by atoms with Crippen molar-refractivity contribution in [1.82, 2.24) is 9.88 Å². The predicted octanol–water partition coefficient (Wildman–Crippen LogP) is 1.91. The summed E-state index contributed by atoms with van der Waals surface area (Å²) in [7, 11) is 0. The van der Waals surface area contributed by atoms with Gasteiger partial charge in [-0.15, -0.1) is 0 Å². The zero-order valence-electron chi connectivity index (χ0n) is 10.3. The molecule has 0 saturated heterocycles. The molecule has 1 aromatic carbocycles. The molecular weight excluding hydrogens is 286 g/mol. The zero-order valence-corrected chi connectivity index (χ0v) is 11.1. The molecule has 0 bridgehead atoms. The topological polar surface area (TPSA) is 53.2 Å². The fraction of sp³-hybridized carbons (Fsp3) is 0.231. The highest BCUT2D eigenvalue weighted by Gasteiger charge is 2.26. The third-order valence-corrected chi connectivity index (χ3v) is 4.00. The monoisotopic (exact) mass is 296 g/mol. The van der Waals surface area contributed by atoms with Crippen LogP contribution in [0.2, 0.25) is 0 Å². The van der Waals surface area contributed by atoms with E-state index in [1.807, 2.05) is 0 Å². The van der Waals surface area contributed by atoms with E-state index in [0.29, 0.717) is 18.5 Å². The number of H-pyrrole nitrogens is 1. The number of aromatic nitrogens is 1. The van der Waals surface area contributed by atoms with Crippen molar-refractivity contribution in [2.24, 2.45) is 0 Å². The number of carbonyl (C=O) groups is 1. The van der Waals surface area contributed by atoms with Gasteiger partial charge in [0.2, 0.25) is 0 Å². The summed E-state index contributed by atoms with van der Waals surface area (Å²) in [6, 6.07) is 2.64. The molecule has 104 valence electrons. The van der Waals surface area contributed by atoms with Crippen molar-refractivity contribution in [3.63, 3.8) is 0 Å². The summed E-state index contributed by atoms with van der Waals surface area (Å²) < 4.78 is 27.0. The van der Waals surface area contributed by atoms with E-state index in [2.05, 4.69) is 4.98 Å². The molecule has 1 N–H and O–H groups in total. The number of nitrogens with zero attached hydrogens (tertiary/aromatic N) is 1. The Morgan fingerprint density at radius 3 is 2.85 bits per heavy atom. The summed E-state index contributed by atoms with van der Waals surface area (Å²) in [6.07, 6.45) is 0.465. The third-order valence-electron chi connectivity index (χ3n) is 3.33. The minimum atomic E-state index is -0.915. The number of nitrogens with one attached hydrogen (secondary N) is 1. The van der Waals surface area contributed by atoms with Crippen molar-refractivity contribution >= 4 is 17.2 Å². The normalized spacial score (nSPS) is 14.2. The lowest BCUT2D eigenvalue weighted by Gasteiger charge is -2.28. The molecular formula is C13H10F2N2O2S. The summed E-state index contributed by atoms with van der Waals surface area (Å²) in [6.45, 7) is 0.421. The van der Waals surface area contributed by atoms with Gasteiger partial charge in [-0.25, -0.2) is 8.78 Å². The quantitative estimate of drug-likeness (QED) is 0.874. The highest BCUT2D eigenvalue weighted by atomic mass is 32.1. The Labute approximate surface area is 116 Å². The Kier molecular flexibility index (Phi) is 3.13. The number of thiazole rings is 1. The standard InChI is InChI=1S/C13H10F2N2O2S/c14-9-2-1-7-3-4-17(5-8(7)11(9)15)12(18)10-6-20-13(19)16-10/h1-2,6H,3-5H2,(H,16,19). The van der Waals surface area contributed by atoms with Crippen LogP contribution < -0.4 is 4.87 Å². The molecule has 0 spiro atoms. The molecule has 2 aromatic rings. The first-order valence-electron chi connectivity index (χ1n) is 5.99. The Bertz CT molecular complexity index is 738. The summed E-state index contributed by atoms with van der Waals surface area (Å²) in [5.74, 6) is -2.20. The Morgan fingerprint density at radius 2 is 2.15 bits per heavy atom. The maximum atomic E-state index is 13.8. The van der Waals surface area contributed by atoms with E-state index in [1.165, 1.54) is 10.3 Å². The van der Waals surface area contributed by atoms with Gasteiger partial charge in [-0.1, -0.05) is 17.4 Å². The van der Waals surface area contributed by atoms with E-state index in [4.69, 9.17) is 0 Å². The second-order valence-electron chi connectivity index (χ2n) is 4.54.